The molecule has 120 valence electrons. The van der Waals surface area contributed by atoms with Gasteiger partial charge in [-0.2, -0.15) is 0 Å². The first-order valence-electron chi connectivity index (χ1n) is 7.21. The molecule has 1 aliphatic heterocycles. The molecule has 0 bridgehead atoms. The Kier molecular flexibility index (Phi) is 4.42. The fraction of sp³-hybridized carbons (Fsp3) is 0.333. The summed E-state index contributed by atoms with van der Waals surface area (Å²) in [5, 5.41) is 12.4. The third kappa shape index (κ3) is 3.42. The van der Waals surface area contributed by atoms with E-state index in [-0.39, 0.29) is 24.3 Å². The van der Waals surface area contributed by atoms with Gasteiger partial charge in [-0.3, -0.25) is 4.79 Å². The molecule has 2 aromatic heterocycles. The Morgan fingerprint density at radius 1 is 1.35 bits per heavy atom. The number of hydrogen-bond acceptors (Lipinski definition) is 6. The first-order chi connectivity index (χ1) is 11.2. The molecule has 0 unspecified atom stereocenters. The zero-order valence-electron chi connectivity index (χ0n) is 12.3. The predicted molar refractivity (Wildman–Crippen MR) is 80.3 cm³/mol. The Morgan fingerprint density at radius 2 is 2.22 bits per heavy atom. The number of aliphatic hydroxyl groups excluding tert-OH is 1. The van der Waals surface area contributed by atoms with Crippen LogP contribution in [0.5, 0.6) is 0 Å². The summed E-state index contributed by atoms with van der Waals surface area (Å²) in [5.41, 5.74) is 0.142. The van der Waals surface area contributed by atoms with Gasteiger partial charge in [0.2, 0.25) is 0 Å². The van der Waals surface area contributed by atoms with Gasteiger partial charge in [-0.15, -0.1) is 0 Å². The minimum atomic E-state index is -0.495. The molecular weight excluding hydrogens is 301 g/mol. The lowest BCUT2D eigenvalue weighted by molar-refractivity contribution is 0.0916. The monoisotopic (exact) mass is 317 g/mol. The average Bonchev–Trinajstić information content (AvgIpc) is 2.99. The minimum Gasteiger partial charge on any atom is -0.396 e. The fourth-order valence-electron chi connectivity index (χ4n) is 2.63. The quantitative estimate of drug-likeness (QED) is 0.839. The minimum absolute atomic E-state index is 0.0522. The molecule has 8 heteroatoms. The molecule has 3 rings (SSSR count). The van der Waals surface area contributed by atoms with Crippen LogP contribution >= 0.6 is 0 Å². The number of aliphatic hydroxyl groups is 1. The molecule has 2 aromatic rings. The summed E-state index contributed by atoms with van der Waals surface area (Å²) >= 11 is 0. The molecule has 1 amide bonds. The number of amides is 1. The van der Waals surface area contributed by atoms with Gasteiger partial charge in [0.15, 0.2) is 0 Å². The lowest BCUT2D eigenvalue weighted by atomic mass is 10.1. The molecule has 0 aliphatic carbocycles. The van der Waals surface area contributed by atoms with E-state index in [1.54, 1.807) is 12.3 Å². The Bertz CT molecular complexity index is 667. The highest BCUT2D eigenvalue weighted by Gasteiger charge is 2.34. The maximum absolute atomic E-state index is 12.9. The lowest BCUT2D eigenvalue weighted by Crippen LogP contribution is -2.41. The SMILES string of the molecule is O=C(N[C@@H]1CN(c2ccncn2)C[C@H]1CO)c1ccc(F)cn1. The second-order valence-corrected chi connectivity index (χ2v) is 5.36. The number of anilines is 1. The highest BCUT2D eigenvalue weighted by molar-refractivity contribution is 5.92. The summed E-state index contributed by atoms with van der Waals surface area (Å²) in [6.45, 7) is 1.05. The highest BCUT2D eigenvalue weighted by Crippen LogP contribution is 2.22. The molecule has 0 radical (unpaired) electrons. The highest BCUT2D eigenvalue weighted by atomic mass is 19.1. The first kappa shape index (κ1) is 15.3. The molecule has 1 saturated heterocycles. The van der Waals surface area contributed by atoms with E-state index in [1.807, 2.05) is 4.90 Å². The van der Waals surface area contributed by atoms with Crippen LogP contribution < -0.4 is 10.2 Å². The van der Waals surface area contributed by atoms with Crippen molar-refractivity contribution in [1.82, 2.24) is 20.3 Å². The van der Waals surface area contributed by atoms with Crippen molar-refractivity contribution in [2.24, 2.45) is 5.92 Å². The van der Waals surface area contributed by atoms with Crippen LogP contribution in [0.3, 0.4) is 0 Å². The zero-order valence-corrected chi connectivity index (χ0v) is 12.3. The van der Waals surface area contributed by atoms with Crippen molar-refractivity contribution in [3.8, 4) is 0 Å². The largest absolute Gasteiger partial charge is 0.396 e. The van der Waals surface area contributed by atoms with Crippen LogP contribution in [0, 0.1) is 11.7 Å². The molecule has 0 aromatic carbocycles. The van der Waals surface area contributed by atoms with Crippen molar-refractivity contribution in [3.63, 3.8) is 0 Å². The van der Waals surface area contributed by atoms with Crippen molar-refractivity contribution in [3.05, 3.63) is 48.4 Å². The van der Waals surface area contributed by atoms with E-state index in [9.17, 15) is 14.3 Å². The maximum atomic E-state index is 12.9. The Morgan fingerprint density at radius 3 is 2.87 bits per heavy atom. The average molecular weight is 317 g/mol. The molecule has 7 nitrogen and oxygen atoms in total. The normalized spacial score (nSPS) is 20.5. The third-order valence-electron chi connectivity index (χ3n) is 3.84. The van der Waals surface area contributed by atoms with E-state index < -0.39 is 11.7 Å². The van der Waals surface area contributed by atoms with Gasteiger partial charge in [0.25, 0.3) is 5.91 Å². The molecule has 2 atom stereocenters. The standard InChI is InChI=1S/C15H16FN5O2/c16-11-1-2-12(18-5-11)15(23)20-13-7-21(6-10(13)8-22)14-3-4-17-9-19-14/h1-5,9-10,13,22H,6-8H2,(H,20,23)/t10-,13+/m0/s1. The van der Waals surface area contributed by atoms with Crippen LogP contribution in [-0.2, 0) is 0 Å². The van der Waals surface area contributed by atoms with E-state index in [0.717, 1.165) is 12.0 Å². The number of pyridine rings is 1. The van der Waals surface area contributed by atoms with Gasteiger partial charge >= 0.3 is 0 Å². The molecule has 0 spiro atoms. The third-order valence-corrected chi connectivity index (χ3v) is 3.84. The molecular formula is C15H16FN5O2. The molecule has 0 saturated carbocycles. The number of carbonyl (C=O) groups excluding carboxylic acids is 1. The van der Waals surface area contributed by atoms with Crippen molar-refractivity contribution < 1.29 is 14.3 Å². The summed E-state index contributed by atoms with van der Waals surface area (Å²) in [6, 6.07) is 4.05. The second kappa shape index (κ2) is 6.66. The molecule has 3 heterocycles. The fourth-order valence-corrected chi connectivity index (χ4v) is 2.63. The summed E-state index contributed by atoms with van der Waals surface area (Å²) in [6.07, 6.45) is 4.10. The molecule has 2 N–H and O–H groups in total. The Balaban J connectivity index is 1.69. The molecule has 1 aliphatic rings. The van der Waals surface area contributed by atoms with Gasteiger partial charge in [-0.1, -0.05) is 0 Å². The summed E-state index contributed by atoms with van der Waals surface area (Å²) in [7, 11) is 0. The smallest absolute Gasteiger partial charge is 0.270 e. The number of nitrogens with zero attached hydrogens (tertiary/aromatic N) is 4. The Labute approximate surface area is 132 Å². The van der Waals surface area contributed by atoms with Gasteiger partial charge in [0, 0.05) is 31.8 Å². The summed E-state index contributed by atoms with van der Waals surface area (Å²) in [4.78, 5) is 26.0. The van der Waals surface area contributed by atoms with Crippen LogP contribution in [0.1, 0.15) is 10.5 Å². The number of rotatable bonds is 4. The zero-order chi connectivity index (χ0) is 16.2. The van der Waals surface area contributed by atoms with Crippen LogP contribution in [0.4, 0.5) is 10.2 Å². The van der Waals surface area contributed by atoms with Crippen molar-refractivity contribution >= 4 is 11.7 Å². The van der Waals surface area contributed by atoms with Gasteiger partial charge in [-0.25, -0.2) is 19.3 Å². The van der Waals surface area contributed by atoms with Gasteiger partial charge in [-0.05, 0) is 18.2 Å². The van der Waals surface area contributed by atoms with E-state index in [0.29, 0.717) is 13.1 Å². The lowest BCUT2D eigenvalue weighted by Gasteiger charge is -2.18. The maximum Gasteiger partial charge on any atom is 0.270 e. The van der Waals surface area contributed by atoms with Crippen molar-refractivity contribution in [2.75, 3.05) is 24.6 Å². The Hall–Kier alpha value is -2.61. The summed E-state index contributed by atoms with van der Waals surface area (Å²) in [5.74, 6) is -0.256. The van der Waals surface area contributed by atoms with E-state index in [2.05, 4.69) is 20.3 Å². The van der Waals surface area contributed by atoms with Crippen molar-refractivity contribution in [1.29, 1.82) is 0 Å². The van der Waals surface area contributed by atoms with E-state index >= 15 is 0 Å². The number of carbonyl (C=O) groups is 1. The predicted octanol–water partition coefficient (Wildman–Crippen LogP) is 0.238. The number of halogens is 1. The molecule has 1 fully saturated rings. The second-order valence-electron chi connectivity index (χ2n) is 5.36. The number of nitrogens with one attached hydrogen (secondary N) is 1. The van der Waals surface area contributed by atoms with Crippen LogP contribution in [0.15, 0.2) is 36.9 Å². The van der Waals surface area contributed by atoms with E-state index in [1.165, 1.54) is 18.5 Å². The number of hydrogen-bond donors (Lipinski definition) is 2. The van der Waals surface area contributed by atoms with Crippen LogP contribution in [0.25, 0.3) is 0 Å². The van der Waals surface area contributed by atoms with Gasteiger partial charge in [0.05, 0.1) is 12.2 Å². The first-order valence-corrected chi connectivity index (χ1v) is 7.21. The van der Waals surface area contributed by atoms with Gasteiger partial charge < -0.3 is 15.3 Å². The van der Waals surface area contributed by atoms with Crippen LogP contribution in [-0.4, -0.2) is 51.7 Å². The molecule has 23 heavy (non-hydrogen) atoms. The van der Waals surface area contributed by atoms with E-state index in [4.69, 9.17) is 0 Å². The summed E-state index contributed by atoms with van der Waals surface area (Å²) < 4.78 is 12.9. The van der Waals surface area contributed by atoms with Crippen molar-refractivity contribution in [2.45, 2.75) is 6.04 Å². The van der Waals surface area contributed by atoms with Crippen LogP contribution in [0.2, 0.25) is 0 Å². The topological polar surface area (TPSA) is 91.2 Å². The number of aromatic nitrogens is 3. The van der Waals surface area contributed by atoms with Gasteiger partial charge in [0.1, 0.15) is 23.7 Å².